The van der Waals surface area contributed by atoms with Crippen LogP contribution in [0.25, 0.3) is 0 Å². The van der Waals surface area contributed by atoms with Crippen molar-refractivity contribution < 1.29 is 0 Å². The standard InChI is InChI=1S/C9H11NS/c1-2-7-3-5-10-8-4-6-11-9(7)8/h3,5H,2,4,6H2,1H3. The lowest BCUT2D eigenvalue weighted by molar-refractivity contribution is 0.971. The summed E-state index contributed by atoms with van der Waals surface area (Å²) in [5.41, 5.74) is 2.78. The van der Waals surface area contributed by atoms with Gasteiger partial charge in [-0.05, 0) is 18.1 Å². The minimum atomic E-state index is 1.14. The Morgan fingerprint density at radius 1 is 1.64 bits per heavy atom. The molecule has 0 saturated heterocycles. The molecule has 1 aliphatic heterocycles. The molecule has 0 saturated carbocycles. The number of fused-ring (bicyclic) bond motifs is 1. The summed E-state index contributed by atoms with van der Waals surface area (Å²) >= 11 is 1.96. The van der Waals surface area contributed by atoms with E-state index in [4.69, 9.17) is 0 Å². The first kappa shape index (κ1) is 7.17. The summed E-state index contributed by atoms with van der Waals surface area (Å²) in [6.07, 6.45) is 4.23. The quantitative estimate of drug-likeness (QED) is 0.633. The van der Waals surface area contributed by atoms with Crippen molar-refractivity contribution in [1.82, 2.24) is 4.98 Å². The highest BCUT2D eigenvalue weighted by molar-refractivity contribution is 7.99. The molecule has 58 valence electrons. The number of nitrogens with zero attached hydrogens (tertiary/aromatic N) is 1. The van der Waals surface area contributed by atoms with Crippen LogP contribution in [0.4, 0.5) is 0 Å². The molecule has 1 aromatic rings. The van der Waals surface area contributed by atoms with Crippen LogP contribution >= 0.6 is 11.8 Å². The molecule has 0 amide bonds. The van der Waals surface area contributed by atoms with Crippen molar-refractivity contribution in [2.24, 2.45) is 0 Å². The Bertz CT molecular complexity index is 270. The van der Waals surface area contributed by atoms with Gasteiger partial charge in [0.1, 0.15) is 0 Å². The summed E-state index contributed by atoms with van der Waals surface area (Å²) in [6.45, 7) is 2.20. The molecule has 2 rings (SSSR count). The summed E-state index contributed by atoms with van der Waals surface area (Å²) in [4.78, 5) is 5.80. The monoisotopic (exact) mass is 165 g/mol. The molecule has 0 bridgehead atoms. The molecule has 1 aromatic heterocycles. The van der Waals surface area contributed by atoms with Crippen molar-refractivity contribution in [3.05, 3.63) is 23.5 Å². The van der Waals surface area contributed by atoms with Crippen LogP contribution in [-0.2, 0) is 12.8 Å². The number of hydrogen-bond acceptors (Lipinski definition) is 2. The highest BCUT2D eigenvalue weighted by Crippen LogP contribution is 2.32. The summed E-state index contributed by atoms with van der Waals surface area (Å²) in [7, 11) is 0. The van der Waals surface area contributed by atoms with Crippen molar-refractivity contribution in [2.75, 3.05) is 5.75 Å². The van der Waals surface area contributed by atoms with Crippen molar-refractivity contribution in [3.63, 3.8) is 0 Å². The van der Waals surface area contributed by atoms with Crippen molar-refractivity contribution in [3.8, 4) is 0 Å². The normalized spacial score (nSPS) is 15.0. The smallest absolute Gasteiger partial charge is 0.0550 e. The van der Waals surface area contributed by atoms with Gasteiger partial charge >= 0.3 is 0 Å². The van der Waals surface area contributed by atoms with Gasteiger partial charge in [-0.15, -0.1) is 11.8 Å². The molecule has 0 radical (unpaired) electrons. The van der Waals surface area contributed by atoms with E-state index in [1.807, 2.05) is 18.0 Å². The summed E-state index contributed by atoms with van der Waals surface area (Å²) in [5.74, 6) is 1.22. The number of aromatic nitrogens is 1. The van der Waals surface area contributed by atoms with E-state index in [2.05, 4.69) is 18.0 Å². The van der Waals surface area contributed by atoms with Crippen LogP contribution in [0.15, 0.2) is 17.2 Å². The Labute approximate surface area is 71.2 Å². The molecule has 1 nitrogen and oxygen atoms in total. The van der Waals surface area contributed by atoms with E-state index in [-0.39, 0.29) is 0 Å². The van der Waals surface area contributed by atoms with Gasteiger partial charge < -0.3 is 0 Å². The Hall–Kier alpha value is -0.500. The number of aryl methyl sites for hydroxylation is 2. The first-order valence-corrected chi connectivity index (χ1v) is 5.00. The predicted molar refractivity (Wildman–Crippen MR) is 48.0 cm³/mol. The molecule has 0 fully saturated rings. The van der Waals surface area contributed by atoms with Gasteiger partial charge in [0.2, 0.25) is 0 Å². The Morgan fingerprint density at radius 2 is 2.55 bits per heavy atom. The first-order chi connectivity index (χ1) is 5.42. The van der Waals surface area contributed by atoms with E-state index in [1.54, 1.807) is 0 Å². The molecule has 1 aliphatic rings. The SMILES string of the molecule is CCc1ccnc2c1SCC2. The molecular weight excluding hydrogens is 154 g/mol. The third-order valence-electron chi connectivity index (χ3n) is 2.03. The summed E-state index contributed by atoms with van der Waals surface area (Å²) < 4.78 is 0. The predicted octanol–water partition coefficient (Wildman–Crippen LogP) is 2.29. The third-order valence-corrected chi connectivity index (χ3v) is 3.22. The van der Waals surface area contributed by atoms with Crippen LogP contribution < -0.4 is 0 Å². The maximum Gasteiger partial charge on any atom is 0.0550 e. The number of pyridine rings is 1. The van der Waals surface area contributed by atoms with E-state index in [1.165, 1.54) is 21.9 Å². The van der Waals surface area contributed by atoms with E-state index < -0.39 is 0 Å². The largest absolute Gasteiger partial charge is 0.260 e. The zero-order valence-corrected chi connectivity index (χ0v) is 7.45. The molecule has 2 heteroatoms. The van der Waals surface area contributed by atoms with Gasteiger partial charge in [-0.3, -0.25) is 4.98 Å². The molecule has 0 N–H and O–H groups in total. The first-order valence-electron chi connectivity index (χ1n) is 4.01. The molecule has 2 heterocycles. The van der Waals surface area contributed by atoms with Crippen molar-refractivity contribution in [1.29, 1.82) is 0 Å². The second kappa shape index (κ2) is 2.86. The van der Waals surface area contributed by atoms with E-state index in [9.17, 15) is 0 Å². The van der Waals surface area contributed by atoms with Crippen molar-refractivity contribution >= 4 is 11.8 Å². The van der Waals surface area contributed by atoms with Gasteiger partial charge in [0.05, 0.1) is 5.69 Å². The lowest BCUT2D eigenvalue weighted by Crippen LogP contribution is -1.90. The molecule has 0 aromatic carbocycles. The molecule has 0 atom stereocenters. The molecule has 11 heavy (non-hydrogen) atoms. The molecule has 0 aliphatic carbocycles. The Balaban J connectivity index is 2.50. The molecular formula is C9H11NS. The maximum atomic E-state index is 4.35. The van der Waals surface area contributed by atoms with Gasteiger partial charge in [0.25, 0.3) is 0 Å². The van der Waals surface area contributed by atoms with Crippen LogP contribution in [0.2, 0.25) is 0 Å². The number of hydrogen-bond donors (Lipinski definition) is 0. The lowest BCUT2D eigenvalue weighted by atomic mass is 10.1. The lowest BCUT2D eigenvalue weighted by Gasteiger charge is -2.02. The van der Waals surface area contributed by atoms with Gasteiger partial charge in [-0.2, -0.15) is 0 Å². The van der Waals surface area contributed by atoms with E-state index >= 15 is 0 Å². The third kappa shape index (κ3) is 1.16. The zero-order valence-electron chi connectivity index (χ0n) is 6.63. The second-order valence-electron chi connectivity index (χ2n) is 2.70. The number of thioether (sulfide) groups is 1. The van der Waals surface area contributed by atoms with Crippen LogP contribution in [0.5, 0.6) is 0 Å². The minimum absolute atomic E-state index is 1.14. The fourth-order valence-electron chi connectivity index (χ4n) is 1.42. The second-order valence-corrected chi connectivity index (χ2v) is 3.80. The Kier molecular flexibility index (Phi) is 1.86. The van der Waals surface area contributed by atoms with Crippen LogP contribution in [0, 0.1) is 0 Å². The topological polar surface area (TPSA) is 12.9 Å². The molecule has 0 spiro atoms. The van der Waals surface area contributed by atoms with Crippen LogP contribution in [0.1, 0.15) is 18.2 Å². The summed E-state index contributed by atoms with van der Waals surface area (Å²) in [6, 6.07) is 2.14. The van der Waals surface area contributed by atoms with E-state index in [0.29, 0.717) is 0 Å². The van der Waals surface area contributed by atoms with Gasteiger partial charge in [-0.25, -0.2) is 0 Å². The fraction of sp³-hybridized carbons (Fsp3) is 0.444. The van der Waals surface area contributed by atoms with Gasteiger partial charge in [-0.1, -0.05) is 6.92 Å². The van der Waals surface area contributed by atoms with Crippen molar-refractivity contribution in [2.45, 2.75) is 24.7 Å². The van der Waals surface area contributed by atoms with Crippen LogP contribution in [0.3, 0.4) is 0 Å². The highest BCUT2D eigenvalue weighted by atomic mass is 32.2. The number of rotatable bonds is 1. The Morgan fingerprint density at radius 3 is 3.36 bits per heavy atom. The van der Waals surface area contributed by atoms with Crippen LogP contribution in [-0.4, -0.2) is 10.7 Å². The van der Waals surface area contributed by atoms with E-state index in [0.717, 1.165) is 12.8 Å². The highest BCUT2D eigenvalue weighted by Gasteiger charge is 2.14. The van der Waals surface area contributed by atoms with Gasteiger partial charge in [0.15, 0.2) is 0 Å². The van der Waals surface area contributed by atoms with Gasteiger partial charge in [0, 0.05) is 23.3 Å². The maximum absolute atomic E-state index is 4.35. The molecule has 0 unspecified atom stereocenters. The average molecular weight is 165 g/mol. The zero-order chi connectivity index (χ0) is 7.68. The minimum Gasteiger partial charge on any atom is -0.260 e. The summed E-state index contributed by atoms with van der Waals surface area (Å²) in [5, 5.41) is 0. The average Bonchev–Trinajstić information content (AvgIpc) is 2.50. The fourth-order valence-corrected chi connectivity index (χ4v) is 2.64.